The van der Waals surface area contributed by atoms with E-state index < -0.39 is 24.6 Å². The molecule has 0 spiro atoms. The van der Waals surface area contributed by atoms with Gasteiger partial charge in [0.15, 0.2) is 6.29 Å². The highest BCUT2D eigenvalue weighted by Crippen LogP contribution is 2.20. The molecule has 1 aliphatic rings. The Morgan fingerprint density at radius 2 is 1.03 bits per heavy atom. The highest BCUT2D eigenvalue weighted by Gasteiger charge is 2.39. The standard InChI is InChI=1S/C28H56O5/c1-3-4-5-6-7-8-9-10-11-12-13-14-15-16-17-18-19-20-21-22-23-32-28-26(30)27(31-2)25(29)24-33-28/h25-30H,3-24H2,1-2H3/t25-,26-,27+,28?/m1/s1. The molecule has 5 heteroatoms. The average molecular weight is 473 g/mol. The predicted molar refractivity (Wildman–Crippen MR) is 137 cm³/mol. The van der Waals surface area contributed by atoms with Crippen LogP contribution in [0.1, 0.15) is 135 Å². The zero-order chi connectivity index (χ0) is 24.0. The second-order valence-electron chi connectivity index (χ2n) is 10.0. The van der Waals surface area contributed by atoms with Gasteiger partial charge in [0.1, 0.15) is 18.3 Å². The third kappa shape index (κ3) is 16.2. The predicted octanol–water partition coefficient (Wildman–Crippen LogP) is 6.92. The smallest absolute Gasteiger partial charge is 0.186 e. The lowest BCUT2D eigenvalue weighted by atomic mass is 10.0. The summed E-state index contributed by atoms with van der Waals surface area (Å²) >= 11 is 0. The van der Waals surface area contributed by atoms with Gasteiger partial charge in [-0.15, -0.1) is 0 Å². The first-order valence-corrected chi connectivity index (χ1v) is 14.3. The summed E-state index contributed by atoms with van der Waals surface area (Å²) in [6, 6.07) is 0. The lowest BCUT2D eigenvalue weighted by Gasteiger charge is -2.36. The Bertz CT molecular complexity index is 406. The number of unbranched alkanes of at least 4 members (excludes halogenated alkanes) is 19. The monoisotopic (exact) mass is 472 g/mol. The Morgan fingerprint density at radius 1 is 0.636 bits per heavy atom. The van der Waals surface area contributed by atoms with Crippen molar-refractivity contribution in [1.82, 2.24) is 0 Å². The van der Waals surface area contributed by atoms with Gasteiger partial charge in [-0.25, -0.2) is 0 Å². The van der Waals surface area contributed by atoms with E-state index >= 15 is 0 Å². The van der Waals surface area contributed by atoms with E-state index in [1.165, 1.54) is 123 Å². The molecule has 0 saturated carbocycles. The molecule has 1 rings (SSSR count). The lowest BCUT2D eigenvalue weighted by molar-refractivity contribution is -0.274. The Balaban J connectivity index is 1.75. The van der Waals surface area contributed by atoms with Gasteiger partial charge in [0.05, 0.1) is 6.61 Å². The molecule has 1 saturated heterocycles. The van der Waals surface area contributed by atoms with Gasteiger partial charge >= 0.3 is 0 Å². The second-order valence-corrected chi connectivity index (χ2v) is 10.0. The van der Waals surface area contributed by atoms with Crippen molar-refractivity contribution in [2.75, 3.05) is 20.3 Å². The van der Waals surface area contributed by atoms with Gasteiger partial charge in [-0.2, -0.15) is 0 Å². The molecule has 0 radical (unpaired) electrons. The van der Waals surface area contributed by atoms with Crippen LogP contribution in [0.5, 0.6) is 0 Å². The molecule has 0 aromatic heterocycles. The van der Waals surface area contributed by atoms with Crippen LogP contribution in [0.4, 0.5) is 0 Å². The Labute approximate surface area is 205 Å². The van der Waals surface area contributed by atoms with Crippen LogP contribution in [0.15, 0.2) is 0 Å². The molecule has 2 N–H and O–H groups in total. The van der Waals surface area contributed by atoms with E-state index in [0.29, 0.717) is 6.61 Å². The molecule has 5 nitrogen and oxygen atoms in total. The quantitative estimate of drug-likeness (QED) is 0.158. The van der Waals surface area contributed by atoms with Gasteiger partial charge in [0, 0.05) is 13.7 Å². The van der Waals surface area contributed by atoms with E-state index in [1.807, 2.05) is 0 Å². The van der Waals surface area contributed by atoms with Gasteiger partial charge in [-0.1, -0.05) is 129 Å². The van der Waals surface area contributed by atoms with Crippen molar-refractivity contribution in [1.29, 1.82) is 0 Å². The van der Waals surface area contributed by atoms with Crippen LogP contribution in [-0.2, 0) is 14.2 Å². The number of hydrogen-bond donors (Lipinski definition) is 2. The van der Waals surface area contributed by atoms with E-state index in [1.54, 1.807) is 0 Å². The third-order valence-electron chi connectivity index (χ3n) is 6.98. The summed E-state index contributed by atoms with van der Waals surface area (Å²) in [5.74, 6) is 0. The number of rotatable bonds is 23. The highest BCUT2D eigenvalue weighted by molar-refractivity contribution is 4.83. The van der Waals surface area contributed by atoms with Crippen LogP contribution in [0, 0.1) is 0 Å². The van der Waals surface area contributed by atoms with E-state index in [9.17, 15) is 10.2 Å². The molecule has 33 heavy (non-hydrogen) atoms. The molecule has 1 aliphatic heterocycles. The van der Waals surface area contributed by atoms with E-state index in [2.05, 4.69) is 6.92 Å². The van der Waals surface area contributed by atoms with Crippen LogP contribution >= 0.6 is 0 Å². The van der Waals surface area contributed by atoms with E-state index in [4.69, 9.17) is 14.2 Å². The Hall–Kier alpha value is -0.200. The van der Waals surface area contributed by atoms with Gasteiger partial charge < -0.3 is 24.4 Å². The van der Waals surface area contributed by atoms with Crippen LogP contribution in [0.2, 0.25) is 0 Å². The minimum atomic E-state index is -0.941. The first kappa shape index (κ1) is 30.8. The fourth-order valence-corrected chi connectivity index (χ4v) is 4.77. The minimum Gasteiger partial charge on any atom is -0.388 e. The summed E-state index contributed by atoms with van der Waals surface area (Å²) in [6.07, 6.45) is 24.3. The number of aliphatic hydroxyl groups is 2. The second kappa shape index (κ2) is 22.3. The summed E-state index contributed by atoms with van der Waals surface area (Å²) in [5, 5.41) is 19.9. The molecular formula is C28H56O5. The third-order valence-corrected chi connectivity index (χ3v) is 6.98. The minimum absolute atomic E-state index is 0.138. The topological polar surface area (TPSA) is 68.2 Å². The maximum atomic E-state index is 10.1. The molecule has 0 bridgehead atoms. The molecular weight excluding hydrogens is 416 g/mol. The largest absolute Gasteiger partial charge is 0.388 e. The summed E-state index contributed by atoms with van der Waals surface area (Å²) in [5.41, 5.74) is 0. The van der Waals surface area contributed by atoms with Crippen molar-refractivity contribution in [2.24, 2.45) is 0 Å². The van der Waals surface area contributed by atoms with Crippen molar-refractivity contribution in [3.05, 3.63) is 0 Å². The van der Waals surface area contributed by atoms with Gasteiger partial charge in [0.2, 0.25) is 0 Å². The molecule has 1 unspecified atom stereocenters. The molecule has 1 fully saturated rings. The maximum absolute atomic E-state index is 10.1. The van der Waals surface area contributed by atoms with Crippen molar-refractivity contribution >= 4 is 0 Å². The van der Waals surface area contributed by atoms with Crippen LogP contribution < -0.4 is 0 Å². The number of ether oxygens (including phenoxy) is 3. The molecule has 1 heterocycles. The summed E-state index contributed by atoms with van der Waals surface area (Å²) in [4.78, 5) is 0. The van der Waals surface area contributed by atoms with Gasteiger partial charge in [0.25, 0.3) is 0 Å². The zero-order valence-corrected chi connectivity index (χ0v) is 22.0. The Kier molecular flexibility index (Phi) is 20.8. The van der Waals surface area contributed by atoms with Crippen molar-refractivity contribution in [2.45, 2.75) is 160 Å². The molecule has 0 aromatic rings. The SMILES string of the molecule is CCCCCCCCCCCCCCCCCCCCCCOC1OC[C@@H](O)[C@H](OC)[C@H]1O. The molecule has 198 valence electrons. The first-order chi connectivity index (χ1) is 16.2. The van der Waals surface area contributed by atoms with E-state index in [-0.39, 0.29) is 6.61 Å². The van der Waals surface area contributed by atoms with Crippen LogP contribution in [0.3, 0.4) is 0 Å². The average Bonchev–Trinajstić information content (AvgIpc) is 2.81. The zero-order valence-electron chi connectivity index (χ0n) is 22.0. The maximum Gasteiger partial charge on any atom is 0.186 e. The number of methoxy groups -OCH3 is 1. The van der Waals surface area contributed by atoms with Gasteiger partial charge in [-0.3, -0.25) is 0 Å². The molecule has 4 atom stereocenters. The molecule has 0 amide bonds. The summed E-state index contributed by atoms with van der Waals surface area (Å²) < 4.78 is 16.2. The molecule has 0 aliphatic carbocycles. The number of aliphatic hydroxyl groups excluding tert-OH is 2. The summed E-state index contributed by atoms with van der Waals surface area (Å²) in [6.45, 7) is 3.00. The number of hydrogen-bond acceptors (Lipinski definition) is 5. The lowest BCUT2D eigenvalue weighted by Crippen LogP contribution is -2.54. The van der Waals surface area contributed by atoms with E-state index in [0.717, 1.165) is 12.8 Å². The fourth-order valence-electron chi connectivity index (χ4n) is 4.77. The van der Waals surface area contributed by atoms with Crippen LogP contribution in [0.25, 0.3) is 0 Å². The van der Waals surface area contributed by atoms with Crippen molar-refractivity contribution < 1.29 is 24.4 Å². The first-order valence-electron chi connectivity index (χ1n) is 14.3. The van der Waals surface area contributed by atoms with Crippen LogP contribution in [-0.4, -0.2) is 55.1 Å². The fraction of sp³-hybridized carbons (Fsp3) is 1.00. The Morgan fingerprint density at radius 3 is 1.42 bits per heavy atom. The van der Waals surface area contributed by atoms with Crippen molar-refractivity contribution in [3.8, 4) is 0 Å². The normalized spacial score (nSPS) is 23.3. The highest BCUT2D eigenvalue weighted by atomic mass is 16.7. The summed E-state index contributed by atoms with van der Waals surface area (Å²) in [7, 11) is 1.48. The van der Waals surface area contributed by atoms with Crippen molar-refractivity contribution in [3.63, 3.8) is 0 Å². The molecule has 0 aromatic carbocycles. The van der Waals surface area contributed by atoms with Gasteiger partial charge in [-0.05, 0) is 6.42 Å².